The number of hydrogen-bond acceptors (Lipinski definition) is 6. The molecule has 3 aromatic carbocycles. The monoisotopic (exact) mass is 513 g/mol. The van der Waals surface area contributed by atoms with Gasteiger partial charge in [-0.05, 0) is 65.0 Å². The number of nitrogen functional groups attached to an aromatic ring is 1. The zero-order valence-electron chi connectivity index (χ0n) is 20.5. The van der Waals surface area contributed by atoms with E-state index in [4.69, 9.17) is 15.2 Å². The molecule has 0 spiro atoms. The van der Waals surface area contributed by atoms with E-state index in [-0.39, 0.29) is 11.8 Å². The van der Waals surface area contributed by atoms with Gasteiger partial charge in [0, 0.05) is 17.0 Å². The summed E-state index contributed by atoms with van der Waals surface area (Å²) in [6.45, 7) is 0.307. The van der Waals surface area contributed by atoms with E-state index in [2.05, 4.69) is 10.6 Å². The van der Waals surface area contributed by atoms with Crippen LogP contribution < -0.4 is 25.8 Å². The first-order valence-electron chi connectivity index (χ1n) is 11.5. The van der Waals surface area contributed by atoms with E-state index in [1.165, 1.54) is 11.3 Å². The molecule has 0 fully saturated rings. The summed E-state index contributed by atoms with van der Waals surface area (Å²) in [5.41, 5.74) is 9.67. The molecule has 0 atom stereocenters. The highest BCUT2D eigenvalue weighted by atomic mass is 32.1. The van der Waals surface area contributed by atoms with Crippen LogP contribution in [0.3, 0.4) is 0 Å². The van der Waals surface area contributed by atoms with Crippen LogP contribution in [0.4, 0.5) is 11.4 Å². The SMILES string of the molecule is COc1ccc(C=C(C(=O)NCc2ccc(C(=O)Nc3ccccc3N)cc2)c2cccs2)cc1OC. The lowest BCUT2D eigenvalue weighted by molar-refractivity contribution is -0.115. The fraction of sp³-hybridized carbons (Fsp3) is 0.103. The van der Waals surface area contributed by atoms with Crippen LogP contribution in [0.1, 0.15) is 26.4 Å². The maximum Gasteiger partial charge on any atom is 0.255 e. The molecule has 4 aromatic rings. The molecule has 2 amide bonds. The number of methoxy groups -OCH3 is 2. The van der Waals surface area contributed by atoms with Crippen molar-refractivity contribution < 1.29 is 19.1 Å². The number of benzene rings is 3. The number of rotatable bonds is 9. The Balaban J connectivity index is 1.45. The van der Waals surface area contributed by atoms with Crippen LogP contribution in [-0.4, -0.2) is 26.0 Å². The van der Waals surface area contributed by atoms with Crippen molar-refractivity contribution in [2.24, 2.45) is 0 Å². The molecule has 8 heteroatoms. The van der Waals surface area contributed by atoms with Gasteiger partial charge in [0.2, 0.25) is 0 Å². The van der Waals surface area contributed by atoms with Gasteiger partial charge in [0.1, 0.15) is 0 Å². The second kappa shape index (κ2) is 11.9. The summed E-state index contributed by atoms with van der Waals surface area (Å²) in [4.78, 5) is 26.6. The number of hydrogen-bond donors (Lipinski definition) is 3. The number of nitrogens with one attached hydrogen (secondary N) is 2. The van der Waals surface area contributed by atoms with Gasteiger partial charge in [-0.2, -0.15) is 0 Å². The van der Waals surface area contributed by atoms with E-state index >= 15 is 0 Å². The van der Waals surface area contributed by atoms with Crippen molar-refractivity contribution in [3.8, 4) is 11.5 Å². The quantitative estimate of drug-likeness (QED) is 0.204. The molecule has 0 radical (unpaired) electrons. The Hall–Kier alpha value is -4.56. The van der Waals surface area contributed by atoms with E-state index in [0.717, 1.165) is 16.0 Å². The van der Waals surface area contributed by atoms with Crippen molar-refractivity contribution in [2.75, 3.05) is 25.3 Å². The standard InChI is InChI=1S/C29H27N3O4S/c1-35-25-14-11-20(17-26(25)36-2)16-22(27-8-5-15-37-27)29(34)31-18-19-9-12-21(13-10-19)28(33)32-24-7-4-3-6-23(24)30/h3-17H,18,30H2,1-2H3,(H,31,34)(H,32,33). The Morgan fingerprint density at radius 2 is 1.68 bits per heavy atom. The van der Waals surface area contributed by atoms with Gasteiger partial charge in [0.05, 0.1) is 31.2 Å². The summed E-state index contributed by atoms with van der Waals surface area (Å²) in [5.74, 6) is 0.734. The number of para-hydroxylation sites is 2. The highest BCUT2D eigenvalue weighted by Gasteiger charge is 2.15. The van der Waals surface area contributed by atoms with E-state index in [0.29, 0.717) is 40.6 Å². The summed E-state index contributed by atoms with van der Waals surface area (Å²) in [7, 11) is 3.15. The minimum Gasteiger partial charge on any atom is -0.493 e. The van der Waals surface area contributed by atoms with Crippen LogP contribution in [0.25, 0.3) is 11.6 Å². The zero-order valence-corrected chi connectivity index (χ0v) is 21.3. The molecule has 0 bridgehead atoms. The van der Waals surface area contributed by atoms with Gasteiger partial charge in [-0.15, -0.1) is 11.3 Å². The van der Waals surface area contributed by atoms with E-state index in [1.807, 2.05) is 53.9 Å². The number of carbonyl (C=O) groups excluding carboxylic acids is 2. The van der Waals surface area contributed by atoms with Crippen molar-refractivity contribution >= 4 is 46.2 Å². The van der Waals surface area contributed by atoms with Crippen LogP contribution in [0.2, 0.25) is 0 Å². The van der Waals surface area contributed by atoms with E-state index in [1.54, 1.807) is 50.6 Å². The number of carbonyl (C=O) groups is 2. The normalized spacial score (nSPS) is 11.0. The molecule has 37 heavy (non-hydrogen) atoms. The number of amides is 2. The van der Waals surface area contributed by atoms with Gasteiger partial charge in [-0.1, -0.05) is 36.4 Å². The number of anilines is 2. The predicted octanol–water partition coefficient (Wildman–Crippen LogP) is 5.46. The fourth-order valence-electron chi connectivity index (χ4n) is 3.65. The molecule has 0 saturated heterocycles. The second-order valence-corrected chi connectivity index (χ2v) is 9.02. The second-order valence-electron chi connectivity index (χ2n) is 8.07. The first-order valence-corrected chi connectivity index (χ1v) is 12.4. The summed E-state index contributed by atoms with van der Waals surface area (Å²) in [6.07, 6.45) is 1.83. The van der Waals surface area contributed by atoms with Gasteiger partial charge in [0.15, 0.2) is 11.5 Å². The minimum atomic E-state index is -0.258. The van der Waals surface area contributed by atoms with Crippen LogP contribution in [0.5, 0.6) is 11.5 Å². The first-order chi connectivity index (χ1) is 18.0. The Labute approximate surface area is 219 Å². The average molecular weight is 514 g/mol. The van der Waals surface area contributed by atoms with Crippen molar-refractivity contribution in [2.45, 2.75) is 6.54 Å². The highest BCUT2D eigenvalue weighted by Crippen LogP contribution is 2.30. The molecule has 4 rings (SSSR count). The molecule has 4 N–H and O–H groups in total. The summed E-state index contributed by atoms with van der Waals surface area (Å²) in [5, 5.41) is 7.72. The van der Waals surface area contributed by atoms with Gasteiger partial charge in [-0.3, -0.25) is 9.59 Å². The van der Waals surface area contributed by atoms with Crippen LogP contribution >= 0.6 is 11.3 Å². The molecule has 7 nitrogen and oxygen atoms in total. The number of ether oxygens (including phenoxy) is 2. The first kappa shape index (κ1) is 25.5. The van der Waals surface area contributed by atoms with Crippen LogP contribution in [0.15, 0.2) is 84.2 Å². The van der Waals surface area contributed by atoms with Crippen LogP contribution in [-0.2, 0) is 11.3 Å². The van der Waals surface area contributed by atoms with Crippen molar-refractivity contribution in [3.63, 3.8) is 0 Å². The molecule has 1 aromatic heterocycles. The minimum absolute atomic E-state index is 0.210. The molecule has 0 unspecified atom stereocenters. The zero-order chi connectivity index (χ0) is 26.2. The van der Waals surface area contributed by atoms with Crippen molar-refractivity contribution in [1.82, 2.24) is 5.32 Å². The third kappa shape index (κ3) is 6.36. The molecule has 188 valence electrons. The maximum absolute atomic E-state index is 13.2. The molecule has 0 aliphatic heterocycles. The van der Waals surface area contributed by atoms with Gasteiger partial charge in [0.25, 0.3) is 11.8 Å². The summed E-state index contributed by atoms with van der Waals surface area (Å²) in [6, 6.07) is 23.5. The Kier molecular flexibility index (Phi) is 8.22. The fourth-order valence-corrected chi connectivity index (χ4v) is 4.39. The Morgan fingerprint density at radius 3 is 2.35 bits per heavy atom. The van der Waals surface area contributed by atoms with Crippen molar-refractivity contribution in [1.29, 1.82) is 0 Å². The van der Waals surface area contributed by atoms with Gasteiger partial charge in [-0.25, -0.2) is 0 Å². The molecule has 0 aliphatic rings. The molecule has 1 heterocycles. The molecular weight excluding hydrogens is 486 g/mol. The summed E-state index contributed by atoms with van der Waals surface area (Å²) < 4.78 is 10.7. The lowest BCUT2D eigenvalue weighted by Gasteiger charge is -2.11. The average Bonchev–Trinajstić information content (AvgIpc) is 3.46. The lowest BCUT2D eigenvalue weighted by Crippen LogP contribution is -2.23. The third-order valence-electron chi connectivity index (χ3n) is 5.63. The van der Waals surface area contributed by atoms with Gasteiger partial charge >= 0.3 is 0 Å². The highest BCUT2D eigenvalue weighted by molar-refractivity contribution is 7.11. The Bertz CT molecular complexity index is 1410. The molecule has 0 saturated carbocycles. The van der Waals surface area contributed by atoms with Crippen LogP contribution in [0, 0.1) is 0 Å². The maximum atomic E-state index is 13.2. The third-order valence-corrected chi connectivity index (χ3v) is 6.53. The summed E-state index contributed by atoms with van der Waals surface area (Å²) >= 11 is 1.49. The van der Waals surface area contributed by atoms with E-state index < -0.39 is 0 Å². The molecular formula is C29H27N3O4S. The van der Waals surface area contributed by atoms with E-state index in [9.17, 15) is 9.59 Å². The Morgan fingerprint density at radius 1 is 0.919 bits per heavy atom. The lowest BCUT2D eigenvalue weighted by atomic mass is 10.1. The molecule has 0 aliphatic carbocycles. The topological polar surface area (TPSA) is 103 Å². The largest absolute Gasteiger partial charge is 0.493 e. The number of nitrogens with two attached hydrogens (primary N) is 1. The van der Waals surface area contributed by atoms with Gasteiger partial charge < -0.3 is 25.8 Å². The smallest absolute Gasteiger partial charge is 0.255 e. The predicted molar refractivity (Wildman–Crippen MR) is 149 cm³/mol. The van der Waals surface area contributed by atoms with Crippen molar-refractivity contribution in [3.05, 3.63) is 106 Å². The number of thiophene rings is 1.